The lowest BCUT2D eigenvalue weighted by Gasteiger charge is -2.33. The van der Waals surface area contributed by atoms with Crippen molar-refractivity contribution in [2.45, 2.75) is 69.9 Å². The van der Waals surface area contributed by atoms with Crippen LogP contribution >= 0.6 is 11.8 Å². The Morgan fingerprint density at radius 2 is 1.74 bits per heavy atom. The van der Waals surface area contributed by atoms with Crippen LogP contribution in [0.4, 0.5) is 0 Å². The van der Waals surface area contributed by atoms with Gasteiger partial charge in [0.2, 0.25) is 5.91 Å². The van der Waals surface area contributed by atoms with Crippen LogP contribution < -0.4 is 15.4 Å². The number of para-hydroxylation sites is 1. The first-order valence-electron chi connectivity index (χ1n) is 13.5. The van der Waals surface area contributed by atoms with E-state index in [1.54, 1.807) is 0 Å². The number of aliphatic hydroxyl groups is 1. The topological polar surface area (TPSA) is 108 Å². The summed E-state index contributed by atoms with van der Waals surface area (Å²) in [5.74, 6) is 0.212. The van der Waals surface area contributed by atoms with Gasteiger partial charge in [0.1, 0.15) is 11.8 Å². The van der Waals surface area contributed by atoms with Crippen LogP contribution in [0.2, 0.25) is 0 Å². The first kappa shape index (κ1) is 29.0. The van der Waals surface area contributed by atoms with Crippen molar-refractivity contribution < 1.29 is 24.2 Å². The van der Waals surface area contributed by atoms with Crippen LogP contribution in [-0.2, 0) is 20.8 Å². The number of thioether (sulfide) groups is 1. The first-order valence-corrected chi connectivity index (χ1v) is 14.5. The molecule has 8 nitrogen and oxygen atoms in total. The number of carbonyl (C=O) groups excluding carboxylic acids is 3. The van der Waals surface area contributed by atoms with Crippen molar-refractivity contribution >= 4 is 29.5 Å². The maximum atomic E-state index is 13.7. The third-order valence-electron chi connectivity index (χ3n) is 7.37. The van der Waals surface area contributed by atoms with Gasteiger partial charge in [-0.3, -0.25) is 14.4 Å². The second-order valence-corrected chi connectivity index (χ2v) is 12.7. The van der Waals surface area contributed by atoms with E-state index < -0.39 is 34.7 Å². The molecule has 0 aromatic heterocycles. The maximum absolute atomic E-state index is 13.7. The second kappa shape index (κ2) is 12.4. The van der Waals surface area contributed by atoms with Gasteiger partial charge >= 0.3 is 0 Å². The number of hydrogen-bond acceptors (Lipinski definition) is 6. The molecule has 2 aliphatic rings. The van der Waals surface area contributed by atoms with E-state index in [0.29, 0.717) is 18.2 Å². The summed E-state index contributed by atoms with van der Waals surface area (Å²) in [5, 5.41) is 17.1. The van der Waals surface area contributed by atoms with Gasteiger partial charge in [0.25, 0.3) is 11.8 Å². The summed E-state index contributed by atoms with van der Waals surface area (Å²) in [7, 11) is 0. The van der Waals surface area contributed by atoms with Crippen LogP contribution in [0.15, 0.2) is 48.5 Å². The minimum atomic E-state index is -1.54. The molecule has 2 fully saturated rings. The Morgan fingerprint density at radius 3 is 2.38 bits per heavy atom. The van der Waals surface area contributed by atoms with E-state index in [0.717, 1.165) is 29.5 Å². The van der Waals surface area contributed by atoms with Crippen molar-refractivity contribution in [1.82, 2.24) is 15.5 Å². The van der Waals surface area contributed by atoms with Gasteiger partial charge in [-0.25, -0.2) is 0 Å². The molecule has 9 heteroatoms. The fourth-order valence-corrected chi connectivity index (χ4v) is 6.08. The van der Waals surface area contributed by atoms with Crippen LogP contribution in [-0.4, -0.2) is 69.7 Å². The molecule has 3 amide bonds. The van der Waals surface area contributed by atoms with Gasteiger partial charge in [0.15, 0.2) is 12.7 Å². The molecule has 2 aromatic rings. The van der Waals surface area contributed by atoms with Crippen LogP contribution in [0.5, 0.6) is 5.75 Å². The Hall–Kier alpha value is -3.04. The summed E-state index contributed by atoms with van der Waals surface area (Å²) < 4.78 is 5.29. The lowest BCUT2D eigenvalue weighted by Crippen LogP contribution is -2.59. The van der Waals surface area contributed by atoms with Crippen molar-refractivity contribution in [2.24, 2.45) is 5.92 Å². The predicted octanol–water partition coefficient (Wildman–Crippen LogP) is 2.98. The van der Waals surface area contributed by atoms with Crippen molar-refractivity contribution in [3.05, 3.63) is 65.2 Å². The zero-order chi connectivity index (χ0) is 28.2. The van der Waals surface area contributed by atoms with E-state index >= 15 is 0 Å². The summed E-state index contributed by atoms with van der Waals surface area (Å²) in [6.07, 6.45) is 0.922. The Labute approximate surface area is 234 Å². The number of nitrogens with zero attached hydrogens (tertiary/aromatic N) is 1. The van der Waals surface area contributed by atoms with Gasteiger partial charge < -0.3 is 25.4 Å². The Balaban J connectivity index is 1.48. The molecule has 210 valence electrons. The number of rotatable bonds is 11. The highest BCUT2D eigenvalue weighted by molar-refractivity contribution is 8.00. The summed E-state index contributed by atoms with van der Waals surface area (Å²) >= 11 is 1.50. The zero-order valence-electron chi connectivity index (χ0n) is 23.1. The fourth-order valence-electron chi connectivity index (χ4n) is 4.94. The number of benzene rings is 2. The fraction of sp³-hybridized carbons (Fsp3) is 0.500. The second-order valence-electron chi connectivity index (χ2n) is 11.1. The van der Waals surface area contributed by atoms with Crippen LogP contribution in [0.25, 0.3) is 0 Å². The Kier molecular flexibility index (Phi) is 9.23. The number of nitrogens with one attached hydrogen (secondary N) is 2. The summed E-state index contributed by atoms with van der Waals surface area (Å²) in [6.45, 7) is 8.05. The highest BCUT2D eigenvalue weighted by atomic mass is 32.2. The summed E-state index contributed by atoms with van der Waals surface area (Å²) in [4.78, 5) is 41.3. The number of ether oxygens (including phenoxy) is 1. The minimum absolute atomic E-state index is 0.205. The predicted molar refractivity (Wildman–Crippen MR) is 152 cm³/mol. The van der Waals surface area contributed by atoms with Crippen molar-refractivity contribution in [3.8, 4) is 5.75 Å². The molecule has 0 bridgehead atoms. The minimum Gasteiger partial charge on any atom is -0.483 e. The number of hydrogen-bond donors (Lipinski definition) is 3. The number of amides is 3. The average molecular weight is 554 g/mol. The van der Waals surface area contributed by atoms with E-state index in [1.807, 2.05) is 76.2 Å². The molecule has 1 aliphatic carbocycles. The number of aliphatic hydroxyl groups excluding tert-OH is 1. The van der Waals surface area contributed by atoms with Gasteiger partial charge in [-0.15, -0.1) is 11.8 Å². The van der Waals surface area contributed by atoms with Crippen LogP contribution in [0, 0.1) is 19.8 Å². The SMILES string of the molecule is Cc1cccc(C)c1OCC(=O)N[C@@H](Cc1ccccc1)[C@H](O)C(=O)N1CSC(C)(C)[C@@H]1C(=O)NCC1CC1. The molecule has 1 saturated carbocycles. The van der Waals surface area contributed by atoms with Gasteiger partial charge in [-0.1, -0.05) is 48.5 Å². The third-order valence-corrected chi connectivity index (χ3v) is 8.75. The Bertz CT molecular complexity index is 1160. The Morgan fingerprint density at radius 1 is 1.08 bits per heavy atom. The highest BCUT2D eigenvalue weighted by Gasteiger charge is 2.50. The molecule has 3 N–H and O–H groups in total. The maximum Gasteiger partial charge on any atom is 0.258 e. The molecule has 39 heavy (non-hydrogen) atoms. The molecular weight excluding hydrogens is 514 g/mol. The smallest absolute Gasteiger partial charge is 0.258 e. The van der Waals surface area contributed by atoms with Gasteiger partial charge in [0, 0.05) is 11.3 Å². The molecule has 3 atom stereocenters. The monoisotopic (exact) mass is 553 g/mol. The van der Waals surface area contributed by atoms with E-state index in [4.69, 9.17) is 4.74 Å². The average Bonchev–Trinajstić information content (AvgIpc) is 3.67. The normalized spacial score (nSPS) is 19.7. The quantitative estimate of drug-likeness (QED) is 0.395. The van der Waals surface area contributed by atoms with Crippen molar-refractivity contribution in [2.75, 3.05) is 19.0 Å². The molecule has 1 heterocycles. The third kappa shape index (κ3) is 7.33. The van der Waals surface area contributed by atoms with E-state index in [1.165, 1.54) is 16.7 Å². The molecule has 4 rings (SSSR count). The number of carbonyl (C=O) groups is 3. The van der Waals surface area contributed by atoms with Gasteiger partial charge in [-0.2, -0.15) is 0 Å². The van der Waals surface area contributed by atoms with Crippen molar-refractivity contribution in [1.29, 1.82) is 0 Å². The van der Waals surface area contributed by atoms with E-state index in [9.17, 15) is 19.5 Å². The van der Waals surface area contributed by atoms with E-state index in [-0.39, 0.29) is 24.8 Å². The molecule has 0 spiro atoms. The molecule has 1 aliphatic heterocycles. The van der Waals surface area contributed by atoms with Gasteiger partial charge in [0.05, 0.1) is 11.9 Å². The van der Waals surface area contributed by atoms with E-state index in [2.05, 4.69) is 10.6 Å². The lowest BCUT2D eigenvalue weighted by molar-refractivity contribution is -0.147. The van der Waals surface area contributed by atoms with Crippen LogP contribution in [0.1, 0.15) is 43.4 Å². The number of aryl methyl sites for hydroxylation is 2. The standard InChI is InChI=1S/C30H39N3O5S/c1-19-9-8-10-20(2)26(19)38-17-24(34)32-23(15-21-11-6-5-7-12-21)25(35)29(37)33-18-39-30(3,4)27(33)28(36)31-16-22-13-14-22/h5-12,22-23,25,27,35H,13-18H2,1-4H3,(H,31,36)(H,32,34)/t23-,25-,27-/m0/s1. The lowest BCUT2D eigenvalue weighted by atomic mass is 9.97. The molecular formula is C30H39N3O5S. The van der Waals surface area contributed by atoms with Crippen molar-refractivity contribution in [3.63, 3.8) is 0 Å². The molecule has 1 saturated heterocycles. The zero-order valence-corrected chi connectivity index (χ0v) is 23.9. The van der Waals surface area contributed by atoms with Crippen LogP contribution in [0.3, 0.4) is 0 Å². The first-order chi connectivity index (χ1) is 18.6. The molecule has 0 radical (unpaired) electrons. The molecule has 2 aromatic carbocycles. The summed E-state index contributed by atoms with van der Waals surface area (Å²) in [5.41, 5.74) is 2.69. The molecule has 0 unspecified atom stereocenters. The largest absolute Gasteiger partial charge is 0.483 e. The summed E-state index contributed by atoms with van der Waals surface area (Å²) in [6, 6.07) is 13.5. The highest BCUT2D eigenvalue weighted by Crippen LogP contribution is 2.40. The van der Waals surface area contributed by atoms with Gasteiger partial charge in [-0.05, 0) is 69.6 Å².